The number of carbonyl (C=O) groups is 1. The van der Waals surface area contributed by atoms with Crippen LogP contribution in [-0.2, 0) is 6.54 Å². The highest BCUT2D eigenvalue weighted by molar-refractivity contribution is 7.21. The SMILES string of the molecule is CN(C)CCN(Cc1ccc(Cl)cc1)C(=O)c1cnc(-c2cccs2)s1. The van der Waals surface area contributed by atoms with Gasteiger partial charge in [0.15, 0.2) is 0 Å². The van der Waals surface area contributed by atoms with Gasteiger partial charge in [0.2, 0.25) is 0 Å². The van der Waals surface area contributed by atoms with Gasteiger partial charge in [-0.25, -0.2) is 4.98 Å². The summed E-state index contributed by atoms with van der Waals surface area (Å²) < 4.78 is 0. The van der Waals surface area contributed by atoms with Gasteiger partial charge in [0.1, 0.15) is 9.88 Å². The molecule has 4 nitrogen and oxygen atoms in total. The lowest BCUT2D eigenvalue weighted by Gasteiger charge is -2.24. The number of amides is 1. The van der Waals surface area contributed by atoms with Crippen molar-refractivity contribution in [1.29, 1.82) is 0 Å². The monoisotopic (exact) mass is 405 g/mol. The molecule has 0 saturated heterocycles. The fourth-order valence-corrected chi connectivity index (χ4v) is 4.24. The van der Waals surface area contributed by atoms with Crippen LogP contribution in [-0.4, -0.2) is 47.9 Å². The Labute approximate surface area is 166 Å². The average Bonchev–Trinajstić information content (AvgIpc) is 3.30. The molecule has 3 aromatic rings. The Morgan fingerprint density at radius 2 is 1.92 bits per heavy atom. The molecule has 2 aromatic heterocycles. The van der Waals surface area contributed by atoms with Crippen molar-refractivity contribution in [3.63, 3.8) is 0 Å². The molecule has 0 atom stereocenters. The summed E-state index contributed by atoms with van der Waals surface area (Å²) >= 11 is 9.05. The molecule has 2 heterocycles. The van der Waals surface area contributed by atoms with Gasteiger partial charge in [-0.15, -0.1) is 22.7 Å². The molecule has 26 heavy (non-hydrogen) atoms. The number of thiophene rings is 1. The zero-order valence-corrected chi connectivity index (χ0v) is 17.1. The highest BCUT2D eigenvalue weighted by Gasteiger charge is 2.19. The van der Waals surface area contributed by atoms with E-state index in [-0.39, 0.29) is 5.91 Å². The van der Waals surface area contributed by atoms with Gasteiger partial charge >= 0.3 is 0 Å². The number of likely N-dealkylation sites (N-methyl/N-ethyl adjacent to an activating group) is 1. The van der Waals surface area contributed by atoms with Crippen LogP contribution in [0, 0.1) is 0 Å². The van der Waals surface area contributed by atoms with Gasteiger partial charge in [-0.1, -0.05) is 29.8 Å². The fourth-order valence-electron chi connectivity index (χ4n) is 2.43. The summed E-state index contributed by atoms with van der Waals surface area (Å²) in [6, 6.07) is 11.6. The number of aromatic nitrogens is 1. The van der Waals surface area contributed by atoms with Crippen LogP contribution >= 0.6 is 34.3 Å². The van der Waals surface area contributed by atoms with E-state index in [0.29, 0.717) is 23.0 Å². The van der Waals surface area contributed by atoms with Crippen molar-refractivity contribution < 1.29 is 4.79 Å². The van der Waals surface area contributed by atoms with Crippen molar-refractivity contribution in [3.05, 3.63) is 63.4 Å². The van der Waals surface area contributed by atoms with Gasteiger partial charge in [0.05, 0.1) is 11.1 Å². The van der Waals surface area contributed by atoms with Crippen molar-refractivity contribution in [2.24, 2.45) is 0 Å². The second kappa shape index (κ2) is 8.77. The molecule has 0 saturated carbocycles. The average molecular weight is 406 g/mol. The Morgan fingerprint density at radius 1 is 1.15 bits per heavy atom. The van der Waals surface area contributed by atoms with Gasteiger partial charge in [-0.3, -0.25) is 4.79 Å². The first kappa shape index (κ1) is 19.0. The fraction of sp³-hybridized carbons (Fsp3) is 0.263. The maximum Gasteiger partial charge on any atom is 0.265 e. The van der Waals surface area contributed by atoms with Gasteiger partial charge in [0.25, 0.3) is 5.91 Å². The van der Waals surface area contributed by atoms with Crippen molar-refractivity contribution in [2.45, 2.75) is 6.54 Å². The molecule has 1 amide bonds. The lowest BCUT2D eigenvalue weighted by molar-refractivity contribution is 0.0736. The van der Waals surface area contributed by atoms with E-state index in [0.717, 1.165) is 22.0 Å². The number of halogens is 1. The molecule has 0 radical (unpaired) electrons. The second-order valence-corrected chi connectivity index (χ2v) is 8.58. The summed E-state index contributed by atoms with van der Waals surface area (Å²) in [4.78, 5) is 23.2. The van der Waals surface area contributed by atoms with Crippen LogP contribution in [0.4, 0.5) is 0 Å². The number of carbonyl (C=O) groups excluding carboxylic acids is 1. The van der Waals surface area contributed by atoms with Crippen molar-refractivity contribution in [1.82, 2.24) is 14.8 Å². The number of benzene rings is 1. The normalized spacial score (nSPS) is 11.1. The minimum Gasteiger partial charge on any atom is -0.332 e. The van der Waals surface area contributed by atoms with E-state index < -0.39 is 0 Å². The third kappa shape index (κ3) is 4.92. The highest BCUT2D eigenvalue weighted by atomic mass is 35.5. The van der Waals surface area contributed by atoms with Gasteiger partial charge in [0, 0.05) is 24.7 Å². The molecular formula is C19H20ClN3OS2. The first-order valence-corrected chi connectivity index (χ1v) is 10.3. The quantitative estimate of drug-likeness (QED) is 0.570. The van der Waals surface area contributed by atoms with Gasteiger partial charge in [-0.2, -0.15) is 0 Å². The van der Waals surface area contributed by atoms with Crippen LogP contribution in [0.1, 0.15) is 15.2 Å². The van der Waals surface area contributed by atoms with E-state index in [1.807, 2.05) is 60.8 Å². The minimum atomic E-state index is 0.0158. The van der Waals surface area contributed by atoms with E-state index in [9.17, 15) is 4.79 Å². The Hall–Kier alpha value is -1.73. The third-order valence-electron chi connectivity index (χ3n) is 3.84. The number of thiazole rings is 1. The molecule has 0 spiro atoms. The van der Waals surface area contributed by atoms with E-state index in [1.165, 1.54) is 11.3 Å². The summed E-state index contributed by atoms with van der Waals surface area (Å²) in [6.07, 6.45) is 1.69. The van der Waals surface area contributed by atoms with Gasteiger partial charge in [-0.05, 0) is 43.2 Å². The summed E-state index contributed by atoms with van der Waals surface area (Å²) in [5, 5.41) is 3.60. The molecular weight excluding hydrogens is 386 g/mol. The van der Waals surface area contributed by atoms with Crippen LogP contribution in [0.2, 0.25) is 5.02 Å². The van der Waals surface area contributed by atoms with Crippen LogP contribution in [0.15, 0.2) is 48.0 Å². The Morgan fingerprint density at radius 3 is 2.58 bits per heavy atom. The molecule has 0 fully saturated rings. The lowest BCUT2D eigenvalue weighted by Crippen LogP contribution is -2.35. The van der Waals surface area contributed by atoms with Crippen molar-refractivity contribution >= 4 is 40.2 Å². The zero-order chi connectivity index (χ0) is 18.5. The molecule has 0 aliphatic rings. The summed E-state index contributed by atoms with van der Waals surface area (Å²) in [6.45, 7) is 2.01. The van der Waals surface area contributed by atoms with Gasteiger partial charge < -0.3 is 9.80 Å². The number of nitrogens with zero attached hydrogens (tertiary/aromatic N) is 3. The number of hydrogen-bond donors (Lipinski definition) is 0. The second-order valence-electron chi connectivity index (χ2n) is 6.16. The Balaban J connectivity index is 1.78. The first-order chi connectivity index (χ1) is 12.5. The molecule has 0 aliphatic carbocycles. The third-order valence-corrected chi connectivity index (χ3v) is 6.12. The maximum absolute atomic E-state index is 13.1. The highest BCUT2D eigenvalue weighted by Crippen LogP contribution is 2.29. The molecule has 1 aromatic carbocycles. The van der Waals surface area contributed by atoms with Crippen LogP contribution in [0.25, 0.3) is 9.88 Å². The number of rotatable bonds is 7. The smallest absolute Gasteiger partial charge is 0.265 e. The zero-order valence-electron chi connectivity index (χ0n) is 14.7. The maximum atomic E-state index is 13.1. The predicted octanol–water partition coefficient (Wildman–Crippen LogP) is 4.73. The van der Waals surface area contributed by atoms with Crippen LogP contribution in [0.5, 0.6) is 0 Å². The van der Waals surface area contributed by atoms with Crippen molar-refractivity contribution in [2.75, 3.05) is 27.2 Å². The summed E-state index contributed by atoms with van der Waals surface area (Å²) in [5.74, 6) is 0.0158. The van der Waals surface area contributed by atoms with Crippen LogP contribution < -0.4 is 0 Å². The summed E-state index contributed by atoms with van der Waals surface area (Å²) in [7, 11) is 4.01. The first-order valence-electron chi connectivity index (χ1n) is 8.21. The van der Waals surface area contributed by atoms with Crippen molar-refractivity contribution in [3.8, 4) is 9.88 Å². The molecule has 7 heteroatoms. The van der Waals surface area contributed by atoms with E-state index >= 15 is 0 Å². The topological polar surface area (TPSA) is 36.4 Å². The Kier molecular flexibility index (Phi) is 6.43. The molecule has 0 bridgehead atoms. The lowest BCUT2D eigenvalue weighted by atomic mass is 10.2. The van der Waals surface area contributed by atoms with E-state index in [2.05, 4.69) is 9.88 Å². The molecule has 0 aliphatic heterocycles. The minimum absolute atomic E-state index is 0.0158. The van der Waals surface area contributed by atoms with E-state index in [1.54, 1.807) is 17.5 Å². The molecule has 136 valence electrons. The molecule has 0 N–H and O–H groups in total. The van der Waals surface area contributed by atoms with Crippen LogP contribution in [0.3, 0.4) is 0 Å². The molecule has 0 unspecified atom stereocenters. The largest absolute Gasteiger partial charge is 0.332 e. The molecule has 3 rings (SSSR count). The predicted molar refractivity (Wildman–Crippen MR) is 110 cm³/mol. The summed E-state index contributed by atoms with van der Waals surface area (Å²) in [5.41, 5.74) is 1.06. The number of hydrogen-bond acceptors (Lipinski definition) is 5. The Bertz CT molecular complexity index is 844. The van der Waals surface area contributed by atoms with E-state index in [4.69, 9.17) is 11.6 Å². The standard InChI is InChI=1S/C19H20ClN3OS2/c1-22(2)9-10-23(13-14-5-7-15(20)8-6-14)19(24)17-12-21-18(26-17)16-4-3-11-25-16/h3-8,11-12H,9-10,13H2,1-2H3.